The summed E-state index contributed by atoms with van der Waals surface area (Å²) in [6.45, 7) is 2.40. The van der Waals surface area contributed by atoms with Gasteiger partial charge in [0.1, 0.15) is 5.82 Å². The largest absolute Gasteiger partial charge is 0.314 e. The maximum absolute atomic E-state index is 13.4. The Morgan fingerprint density at radius 1 is 1.07 bits per heavy atom. The summed E-state index contributed by atoms with van der Waals surface area (Å²) in [5, 5.41) is 4.85. The SMILES string of the molecule is O=c1cnn(C[NH+]2CCN(S(=O)(=O)c3cccc(F)c3)CC2)c2ccccc12. The predicted molar refractivity (Wildman–Crippen MR) is 102 cm³/mol. The Morgan fingerprint density at radius 2 is 1.82 bits per heavy atom. The van der Waals surface area contributed by atoms with Crippen molar-refractivity contribution < 1.29 is 17.7 Å². The second kappa shape index (κ2) is 7.42. The van der Waals surface area contributed by atoms with Crippen molar-refractivity contribution >= 4 is 20.9 Å². The Kier molecular flexibility index (Phi) is 4.96. The van der Waals surface area contributed by atoms with Gasteiger partial charge in [0.05, 0.1) is 42.8 Å². The van der Waals surface area contributed by atoms with E-state index in [1.807, 2.05) is 18.2 Å². The van der Waals surface area contributed by atoms with Gasteiger partial charge in [-0.15, -0.1) is 0 Å². The maximum Gasteiger partial charge on any atom is 0.243 e. The Hall–Kier alpha value is -2.62. The standard InChI is InChI=1S/C19H19FN4O3S/c20-15-4-3-5-16(12-15)28(26,27)23-10-8-22(9-11-23)14-24-18-7-2-1-6-17(18)19(25)13-21-24/h1-7,12-13H,8-11,14H2/p+1. The first-order valence-electron chi connectivity index (χ1n) is 8.99. The first kappa shape index (κ1) is 18.7. The van der Waals surface area contributed by atoms with Gasteiger partial charge in [0.25, 0.3) is 0 Å². The molecule has 146 valence electrons. The van der Waals surface area contributed by atoms with Crippen LogP contribution in [0.1, 0.15) is 0 Å². The van der Waals surface area contributed by atoms with Crippen LogP contribution in [-0.2, 0) is 16.7 Å². The van der Waals surface area contributed by atoms with Gasteiger partial charge in [0.15, 0.2) is 6.67 Å². The van der Waals surface area contributed by atoms with Gasteiger partial charge in [-0.05, 0) is 30.3 Å². The van der Waals surface area contributed by atoms with E-state index in [9.17, 15) is 17.6 Å². The zero-order valence-electron chi connectivity index (χ0n) is 15.1. The van der Waals surface area contributed by atoms with Crippen molar-refractivity contribution in [2.75, 3.05) is 26.2 Å². The first-order valence-corrected chi connectivity index (χ1v) is 10.4. The van der Waals surface area contributed by atoms with Crippen LogP contribution in [0.15, 0.2) is 64.4 Å². The monoisotopic (exact) mass is 403 g/mol. The topological polar surface area (TPSA) is 76.7 Å². The number of hydrogen-bond donors (Lipinski definition) is 1. The van der Waals surface area contributed by atoms with Crippen molar-refractivity contribution in [3.63, 3.8) is 0 Å². The zero-order chi connectivity index (χ0) is 19.7. The summed E-state index contributed by atoms with van der Waals surface area (Å²) in [6.07, 6.45) is 1.31. The molecule has 0 radical (unpaired) electrons. The van der Waals surface area contributed by atoms with Crippen molar-refractivity contribution in [1.29, 1.82) is 0 Å². The van der Waals surface area contributed by atoms with Crippen molar-refractivity contribution in [2.45, 2.75) is 11.6 Å². The smallest absolute Gasteiger partial charge is 0.243 e. The van der Waals surface area contributed by atoms with Gasteiger partial charge < -0.3 is 4.90 Å². The third-order valence-corrected chi connectivity index (χ3v) is 6.89. The molecule has 1 aromatic heterocycles. The Bertz CT molecular complexity index is 1170. The number of rotatable bonds is 4. The molecular formula is C19H20FN4O3S+. The molecule has 2 heterocycles. The van der Waals surface area contributed by atoms with Crippen LogP contribution in [0.4, 0.5) is 4.39 Å². The van der Waals surface area contributed by atoms with Crippen LogP contribution in [0.5, 0.6) is 0 Å². The fraction of sp³-hybridized carbons (Fsp3) is 0.263. The van der Waals surface area contributed by atoms with Gasteiger partial charge >= 0.3 is 0 Å². The van der Waals surface area contributed by atoms with E-state index in [1.165, 1.54) is 28.7 Å². The molecule has 0 aliphatic carbocycles. The van der Waals surface area contributed by atoms with E-state index in [0.717, 1.165) is 16.5 Å². The number of nitrogens with zero attached hydrogens (tertiary/aromatic N) is 3. The highest BCUT2D eigenvalue weighted by atomic mass is 32.2. The van der Waals surface area contributed by atoms with Crippen molar-refractivity contribution in [1.82, 2.24) is 14.1 Å². The fourth-order valence-corrected chi connectivity index (χ4v) is 4.95. The van der Waals surface area contributed by atoms with E-state index in [0.29, 0.717) is 38.2 Å². The summed E-state index contributed by atoms with van der Waals surface area (Å²) in [7, 11) is -3.70. The Morgan fingerprint density at radius 3 is 2.57 bits per heavy atom. The number of benzene rings is 2. The molecule has 9 heteroatoms. The van der Waals surface area contributed by atoms with E-state index in [1.54, 1.807) is 10.7 Å². The van der Waals surface area contributed by atoms with Crippen LogP contribution in [0, 0.1) is 5.82 Å². The summed E-state index contributed by atoms with van der Waals surface area (Å²) in [6, 6.07) is 12.4. The minimum absolute atomic E-state index is 0.0241. The molecule has 0 saturated carbocycles. The molecular weight excluding hydrogens is 383 g/mol. The number of fused-ring (bicyclic) bond motifs is 1. The van der Waals surface area contributed by atoms with Crippen molar-refractivity contribution in [3.8, 4) is 0 Å². The molecule has 0 atom stereocenters. The highest BCUT2D eigenvalue weighted by Gasteiger charge is 2.30. The molecule has 2 aromatic carbocycles. The molecule has 0 bridgehead atoms. The number of para-hydroxylation sites is 1. The van der Waals surface area contributed by atoms with Crippen LogP contribution in [0.25, 0.3) is 10.9 Å². The van der Waals surface area contributed by atoms with Gasteiger partial charge in [-0.3, -0.25) is 4.79 Å². The van der Waals surface area contributed by atoms with Crippen LogP contribution < -0.4 is 10.3 Å². The average Bonchev–Trinajstić information content (AvgIpc) is 2.71. The average molecular weight is 403 g/mol. The summed E-state index contributed by atoms with van der Waals surface area (Å²) in [5.41, 5.74) is 0.644. The second-order valence-corrected chi connectivity index (χ2v) is 8.73. The van der Waals surface area contributed by atoms with Crippen LogP contribution in [0.3, 0.4) is 0 Å². The van der Waals surface area contributed by atoms with Crippen molar-refractivity contribution in [2.24, 2.45) is 0 Å². The highest BCUT2D eigenvalue weighted by molar-refractivity contribution is 7.89. The van der Waals surface area contributed by atoms with Gasteiger partial charge in [0, 0.05) is 5.39 Å². The molecule has 1 saturated heterocycles. The second-order valence-electron chi connectivity index (χ2n) is 6.80. The minimum atomic E-state index is -3.70. The minimum Gasteiger partial charge on any atom is -0.314 e. The third kappa shape index (κ3) is 3.56. The molecule has 1 aliphatic heterocycles. The molecule has 28 heavy (non-hydrogen) atoms. The summed E-state index contributed by atoms with van der Waals surface area (Å²) < 4.78 is 42.0. The number of quaternary nitrogens is 1. The molecule has 7 nitrogen and oxygen atoms in total. The molecule has 1 N–H and O–H groups in total. The lowest BCUT2D eigenvalue weighted by Gasteiger charge is -2.31. The molecule has 0 unspecified atom stereocenters. The molecule has 1 aliphatic rings. The normalized spacial score (nSPS) is 16.5. The first-order chi connectivity index (χ1) is 13.4. The summed E-state index contributed by atoms with van der Waals surface area (Å²) in [4.78, 5) is 13.1. The molecule has 0 spiro atoms. The van der Waals surface area contributed by atoms with E-state index in [-0.39, 0.29) is 10.3 Å². The Labute approximate surface area is 161 Å². The van der Waals surface area contributed by atoms with E-state index in [4.69, 9.17) is 0 Å². The van der Waals surface area contributed by atoms with Crippen LogP contribution in [0.2, 0.25) is 0 Å². The number of piperazine rings is 1. The van der Waals surface area contributed by atoms with Gasteiger partial charge in [-0.25, -0.2) is 17.5 Å². The number of sulfonamides is 1. The molecule has 1 fully saturated rings. The zero-order valence-corrected chi connectivity index (χ0v) is 15.9. The molecule has 3 aromatic rings. The Balaban J connectivity index is 1.48. The lowest BCUT2D eigenvalue weighted by Crippen LogP contribution is -3.14. The summed E-state index contributed by atoms with van der Waals surface area (Å²) in [5.74, 6) is -0.568. The number of aromatic nitrogens is 2. The van der Waals surface area contributed by atoms with Crippen LogP contribution in [-0.4, -0.2) is 48.7 Å². The molecule has 4 rings (SSSR count). The van der Waals surface area contributed by atoms with Gasteiger partial charge in [-0.1, -0.05) is 18.2 Å². The highest BCUT2D eigenvalue weighted by Crippen LogP contribution is 2.16. The quantitative estimate of drug-likeness (QED) is 0.670. The van der Waals surface area contributed by atoms with E-state index >= 15 is 0 Å². The lowest BCUT2D eigenvalue weighted by molar-refractivity contribution is -0.926. The molecule has 0 amide bonds. The summed E-state index contributed by atoms with van der Waals surface area (Å²) >= 11 is 0. The van der Waals surface area contributed by atoms with Crippen molar-refractivity contribution in [3.05, 3.63) is 70.8 Å². The maximum atomic E-state index is 13.4. The van der Waals surface area contributed by atoms with E-state index in [2.05, 4.69) is 5.10 Å². The third-order valence-electron chi connectivity index (χ3n) is 5.00. The predicted octanol–water partition coefficient (Wildman–Crippen LogP) is 0.0825. The van der Waals surface area contributed by atoms with Gasteiger partial charge in [0.2, 0.25) is 15.5 Å². The van der Waals surface area contributed by atoms with Gasteiger partial charge in [-0.2, -0.15) is 9.40 Å². The fourth-order valence-electron chi connectivity index (χ4n) is 3.48. The number of nitrogens with one attached hydrogen (secondary N) is 1. The lowest BCUT2D eigenvalue weighted by atomic mass is 10.2. The van der Waals surface area contributed by atoms with Crippen LogP contribution >= 0.6 is 0 Å². The number of hydrogen-bond acceptors (Lipinski definition) is 4. The number of halogens is 1. The van der Waals surface area contributed by atoms with E-state index < -0.39 is 15.8 Å².